The summed E-state index contributed by atoms with van der Waals surface area (Å²) in [6, 6.07) is 22.8. The largest absolute Gasteiger partial charge is 0.454 e. The maximum atomic E-state index is 10.9. The molecular formula is C21H16N2O3. The van der Waals surface area contributed by atoms with Gasteiger partial charge in [-0.3, -0.25) is 4.79 Å². The monoisotopic (exact) mass is 344 g/mol. The molecule has 1 aliphatic rings. The van der Waals surface area contributed by atoms with Gasteiger partial charge in [0.1, 0.15) is 6.29 Å². The summed E-state index contributed by atoms with van der Waals surface area (Å²) in [5.74, 6) is 1.46. The Morgan fingerprint density at radius 1 is 0.808 bits per heavy atom. The Bertz CT molecular complexity index is 937. The molecule has 0 atom stereocenters. The molecule has 0 saturated heterocycles. The van der Waals surface area contributed by atoms with Crippen LogP contribution in [-0.2, 0) is 0 Å². The highest BCUT2D eigenvalue weighted by Crippen LogP contribution is 2.32. The topological polar surface area (TPSA) is 51.1 Å². The van der Waals surface area contributed by atoms with Crippen LogP contribution in [0.1, 0.15) is 15.9 Å². The van der Waals surface area contributed by atoms with E-state index in [0.717, 1.165) is 34.7 Å². The first-order valence-corrected chi connectivity index (χ1v) is 8.17. The Kier molecular flexibility index (Phi) is 4.35. The predicted molar refractivity (Wildman–Crippen MR) is 101 cm³/mol. The Balaban J connectivity index is 1.67. The van der Waals surface area contributed by atoms with E-state index in [0.29, 0.717) is 5.56 Å². The number of rotatable bonds is 5. The fraction of sp³-hybridized carbons (Fsp3) is 0.0476. The number of para-hydroxylation sites is 1. The molecule has 3 aromatic carbocycles. The third kappa shape index (κ3) is 3.28. The summed E-state index contributed by atoms with van der Waals surface area (Å²) in [5.41, 5.74) is 3.31. The van der Waals surface area contributed by atoms with Crippen molar-refractivity contribution in [1.29, 1.82) is 0 Å². The highest BCUT2D eigenvalue weighted by atomic mass is 16.7. The molecule has 0 bridgehead atoms. The van der Waals surface area contributed by atoms with Gasteiger partial charge in [0.25, 0.3) is 0 Å². The highest BCUT2D eigenvalue weighted by Gasteiger charge is 2.13. The summed E-state index contributed by atoms with van der Waals surface area (Å²) >= 11 is 0. The van der Waals surface area contributed by atoms with E-state index in [1.54, 1.807) is 18.3 Å². The Hall–Kier alpha value is -3.60. The van der Waals surface area contributed by atoms with Gasteiger partial charge in [-0.15, -0.1) is 0 Å². The van der Waals surface area contributed by atoms with Gasteiger partial charge in [-0.1, -0.05) is 18.2 Å². The number of hydrazone groups is 1. The normalized spacial score (nSPS) is 12.3. The fourth-order valence-electron chi connectivity index (χ4n) is 2.66. The molecule has 0 unspecified atom stereocenters. The van der Waals surface area contributed by atoms with E-state index in [1.165, 1.54) is 0 Å². The lowest BCUT2D eigenvalue weighted by molar-refractivity contribution is 0.112. The van der Waals surface area contributed by atoms with Crippen molar-refractivity contribution < 1.29 is 14.3 Å². The first-order valence-electron chi connectivity index (χ1n) is 8.17. The number of carbonyl (C=O) groups is 1. The summed E-state index contributed by atoms with van der Waals surface area (Å²) in [4.78, 5) is 10.9. The van der Waals surface area contributed by atoms with Crippen LogP contribution in [0.5, 0.6) is 11.5 Å². The SMILES string of the molecule is O=Cc1ccc(N(/N=C/c2ccc3c(c2)OCO3)c2ccccc2)cc1. The van der Waals surface area contributed by atoms with Crippen LogP contribution in [0, 0.1) is 0 Å². The summed E-state index contributed by atoms with van der Waals surface area (Å²) < 4.78 is 10.7. The molecule has 3 aromatic rings. The zero-order valence-electron chi connectivity index (χ0n) is 13.9. The molecule has 0 N–H and O–H groups in total. The zero-order valence-corrected chi connectivity index (χ0v) is 13.9. The first-order chi connectivity index (χ1) is 12.8. The minimum atomic E-state index is 0.245. The average Bonchev–Trinajstić information content (AvgIpc) is 3.17. The van der Waals surface area contributed by atoms with Crippen LogP contribution in [0.2, 0.25) is 0 Å². The minimum Gasteiger partial charge on any atom is -0.454 e. The Labute approximate surface area is 151 Å². The molecule has 128 valence electrons. The van der Waals surface area contributed by atoms with E-state index < -0.39 is 0 Å². The molecule has 0 amide bonds. The van der Waals surface area contributed by atoms with E-state index in [1.807, 2.05) is 65.7 Å². The van der Waals surface area contributed by atoms with Crippen molar-refractivity contribution in [3.8, 4) is 11.5 Å². The number of aldehydes is 1. The Morgan fingerprint density at radius 3 is 2.27 bits per heavy atom. The van der Waals surface area contributed by atoms with Crippen molar-refractivity contribution >= 4 is 23.9 Å². The summed E-state index contributed by atoms with van der Waals surface area (Å²) in [6.45, 7) is 0.245. The van der Waals surface area contributed by atoms with Gasteiger partial charge in [-0.2, -0.15) is 5.10 Å². The molecule has 0 aromatic heterocycles. The zero-order chi connectivity index (χ0) is 17.8. The molecule has 5 heteroatoms. The second-order valence-electron chi connectivity index (χ2n) is 5.71. The summed E-state index contributed by atoms with van der Waals surface area (Å²) in [6.07, 6.45) is 2.59. The molecule has 1 aliphatic heterocycles. The molecule has 0 spiro atoms. The third-order valence-electron chi connectivity index (χ3n) is 3.99. The second-order valence-corrected chi connectivity index (χ2v) is 5.71. The van der Waals surface area contributed by atoms with Gasteiger partial charge in [-0.25, -0.2) is 5.01 Å². The number of nitrogens with zero attached hydrogens (tertiary/aromatic N) is 2. The molecule has 5 nitrogen and oxygen atoms in total. The lowest BCUT2D eigenvalue weighted by atomic mass is 10.2. The van der Waals surface area contributed by atoms with Crippen LogP contribution in [-0.4, -0.2) is 19.3 Å². The van der Waals surface area contributed by atoms with Crippen LogP contribution in [0.15, 0.2) is 77.9 Å². The van der Waals surface area contributed by atoms with Crippen LogP contribution >= 0.6 is 0 Å². The number of ether oxygens (including phenoxy) is 2. The van der Waals surface area contributed by atoms with Gasteiger partial charge in [0.2, 0.25) is 6.79 Å². The van der Waals surface area contributed by atoms with Crippen LogP contribution in [0.4, 0.5) is 11.4 Å². The fourth-order valence-corrected chi connectivity index (χ4v) is 2.66. The third-order valence-corrected chi connectivity index (χ3v) is 3.99. The Morgan fingerprint density at radius 2 is 1.50 bits per heavy atom. The summed E-state index contributed by atoms with van der Waals surface area (Å²) in [7, 11) is 0. The number of fused-ring (bicyclic) bond motifs is 1. The maximum Gasteiger partial charge on any atom is 0.231 e. The van der Waals surface area contributed by atoms with Crippen molar-refractivity contribution in [3.63, 3.8) is 0 Å². The predicted octanol–water partition coefficient (Wildman–Crippen LogP) is 4.40. The highest BCUT2D eigenvalue weighted by molar-refractivity contribution is 5.83. The van der Waals surface area contributed by atoms with E-state index >= 15 is 0 Å². The van der Waals surface area contributed by atoms with Crippen molar-refractivity contribution in [2.75, 3.05) is 11.8 Å². The van der Waals surface area contributed by atoms with Crippen LogP contribution in [0.25, 0.3) is 0 Å². The number of hydrogen-bond acceptors (Lipinski definition) is 5. The maximum absolute atomic E-state index is 10.9. The molecule has 0 radical (unpaired) electrons. The van der Waals surface area contributed by atoms with Gasteiger partial charge >= 0.3 is 0 Å². The number of hydrogen-bond donors (Lipinski definition) is 0. The average molecular weight is 344 g/mol. The quantitative estimate of drug-likeness (QED) is 0.391. The van der Waals surface area contributed by atoms with Crippen LogP contribution in [0.3, 0.4) is 0 Å². The first kappa shape index (κ1) is 15.9. The van der Waals surface area contributed by atoms with Gasteiger partial charge in [0.15, 0.2) is 11.5 Å². The second kappa shape index (κ2) is 7.11. The van der Waals surface area contributed by atoms with E-state index in [4.69, 9.17) is 9.47 Å². The van der Waals surface area contributed by atoms with Crippen molar-refractivity contribution in [2.45, 2.75) is 0 Å². The minimum absolute atomic E-state index is 0.245. The van der Waals surface area contributed by atoms with Gasteiger partial charge in [0, 0.05) is 5.56 Å². The van der Waals surface area contributed by atoms with E-state index in [9.17, 15) is 4.79 Å². The van der Waals surface area contributed by atoms with Crippen LogP contribution < -0.4 is 14.5 Å². The summed E-state index contributed by atoms with van der Waals surface area (Å²) in [5, 5.41) is 6.46. The molecule has 4 rings (SSSR count). The van der Waals surface area contributed by atoms with Crippen molar-refractivity contribution in [2.24, 2.45) is 5.10 Å². The van der Waals surface area contributed by atoms with Crippen molar-refractivity contribution in [3.05, 3.63) is 83.9 Å². The van der Waals surface area contributed by atoms with Gasteiger partial charge in [0.05, 0.1) is 17.6 Å². The smallest absolute Gasteiger partial charge is 0.231 e. The lowest BCUT2D eigenvalue weighted by Crippen LogP contribution is -2.09. The molecule has 1 heterocycles. The van der Waals surface area contributed by atoms with E-state index in [2.05, 4.69) is 5.10 Å². The molecule has 0 fully saturated rings. The van der Waals surface area contributed by atoms with E-state index in [-0.39, 0.29) is 6.79 Å². The number of carbonyl (C=O) groups excluding carboxylic acids is 1. The molecule has 26 heavy (non-hydrogen) atoms. The molecule has 0 aliphatic carbocycles. The molecular weight excluding hydrogens is 328 g/mol. The van der Waals surface area contributed by atoms with Crippen molar-refractivity contribution in [1.82, 2.24) is 0 Å². The number of benzene rings is 3. The van der Waals surface area contributed by atoms with Gasteiger partial charge < -0.3 is 9.47 Å². The van der Waals surface area contributed by atoms with Gasteiger partial charge in [-0.05, 0) is 60.2 Å². The number of anilines is 2. The molecule has 0 saturated carbocycles. The lowest BCUT2D eigenvalue weighted by Gasteiger charge is -2.19. The standard InChI is InChI=1S/C21H16N2O3/c24-14-16-6-9-19(10-7-16)23(18-4-2-1-3-5-18)22-13-17-8-11-20-21(12-17)26-15-25-20/h1-14H,15H2/b22-13+.